The largest absolute Gasteiger partial charge is 0.351 e. The Morgan fingerprint density at radius 1 is 0.915 bits per heavy atom. The number of ketones is 1. The van der Waals surface area contributed by atoms with Gasteiger partial charge in [-0.3, -0.25) is 14.4 Å². The molecular formula is C36H35N9O2. The van der Waals surface area contributed by atoms with Crippen molar-refractivity contribution in [2.45, 2.75) is 51.2 Å². The molecule has 0 unspecified atom stereocenters. The van der Waals surface area contributed by atoms with Gasteiger partial charge in [-0.25, -0.2) is 19.7 Å². The fourth-order valence-electron chi connectivity index (χ4n) is 5.86. The Bertz CT molecular complexity index is 1890. The number of anilines is 2. The number of aromatic nitrogens is 5. The number of hydrogen-bond donors (Lipinski definition) is 2. The summed E-state index contributed by atoms with van der Waals surface area (Å²) in [7, 11) is 1.87. The number of nitrogens with one attached hydrogen (secondary N) is 2. The van der Waals surface area contributed by atoms with Gasteiger partial charge in [-0.15, -0.1) is 0 Å². The van der Waals surface area contributed by atoms with E-state index in [2.05, 4.69) is 31.8 Å². The summed E-state index contributed by atoms with van der Waals surface area (Å²) in [6, 6.07) is 22.8. The number of urea groups is 1. The fraction of sp³-hybridized carbons (Fsp3) is 0.250. The molecule has 47 heavy (non-hydrogen) atoms. The average Bonchev–Trinajstić information content (AvgIpc) is 3.55. The standard InChI is InChI=1S/C36H35N9O2/c1-24(46)26-8-10-27(11-9-26)34-29(18-37)21-39-35(43-34)42-31-13-15-32(16-14-31)45(36(47)40-19-25-6-4-3-5-7-25)33-17-12-28(20-38-33)30-22-41-44(2)23-30/h3-12,17,20-23,31-32H,13-16,19H2,1-2H3,(H,40,47)(H,39,42,43). The number of nitriles is 1. The minimum absolute atomic E-state index is 0.0255. The van der Waals surface area contributed by atoms with E-state index in [1.54, 1.807) is 46.2 Å². The lowest BCUT2D eigenvalue weighted by molar-refractivity contribution is 0.101. The predicted molar refractivity (Wildman–Crippen MR) is 179 cm³/mol. The van der Waals surface area contributed by atoms with Crippen LogP contribution in [0.3, 0.4) is 0 Å². The topological polar surface area (TPSA) is 142 Å². The maximum atomic E-state index is 13.7. The Balaban J connectivity index is 1.16. The molecule has 0 saturated heterocycles. The zero-order valence-electron chi connectivity index (χ0n) is 26.3. The molecule has 1 aliphatic carbocycles. The van der Waals surface area contributed by atoms with E-state index in [9.17, 15) is 14.9 Å². The Labute approximate surface area is 273 Å². The zero-order chi connectivity index (χ0) is 32.8. The van der Waals surface area contributed by atoms with Gasteiger partial charge in [-0.05, 0) is 50.3 Å². The summed E-state index contributed by atoms with van der Waals surface area (Å²) < 4.78 is 1.75. The number of carbonyl (C=O) groups excluding carboxylic acids is 2. The molecule has 2 amide bonds. The number of carbonyl (C=O) groups is 2. The van der Waals surface area contributed by atoms with Crippen LogP contribution in [-0.4, -0.2) is 48.6 Å². The number of amides is 2. The molecule has 1 aliphatic rings. The SMILES string of the molecule is CC(=O)c1ccc(-c2nc(NC3CCC(N(C(=O)NCc4ccccc4)c4ccc(-c5cnn(C)c5)cn4)CC3)ncc2C#N)cc1. The molecule has 11 heteroatoms. The lowest BCUT2D eigenvalue weighted by atomic mass is 9.90. The van der Waals surface area contributed by atoms with Crippen molar-refractivity contribution in [2.75, 3.05) is 10.2 Å². The van der Waals surface area contributed by atoms with Crippen LogP contribution in [0.15, 0.2) is 91.5 Å². The van der Waals surface area contributed by atoms with Crippen molar-refractivity contribution >= 4 is 23.6 Å². The van der Waals surface area contributed by atoms with Crippen molar-refractivity contribution in [2.24, 2.45) is 7.05 Å². The summed E-state index contributed by atoms with van der Waals surface area (Å²) >= 11 is 0. The maximum absolute atomic E-state index is 13.7. The highest BCUT2D eigenvalue weighted by Gasteiger charge is 2.31. The van der Waals surface area contributed by atoms with Crippen LogP contribution in [0.5, 0.6) is 0 Å². The van der Waals surface area contributed by atoms with Crippen LogP contribution in [0, 0.1) is 11.3 Å². The van der Waals surface area contributed by atoms with Crippen molar-refractivity contribution in [3.8, 4) is 28.5 Å². The Morgan fingerprint density at radius 2 is 1.66 bits per heavy atom. The number of pyridine rings is 1. The van der Waals surface area contributed by atoms with Crippen LogP contribution in [0.25, 0.3) is 22.4 Å². The summed E-state index contributed by atoms with van der Waals surface area (Å²) in [4.78, 5) is 41.0. The van der Waals surface area contributed by atoms with Crippen molar-refractivity contribution in [3.63, 3.8) is 0 Å². The minimum Gasteiger partial charge on any atom is -0.351 e. The molecule has 2 aromatic carbocycles. The Kier molecular flexibility index (Phi) is 9.29. The van der Waals surface area contributed by atoms with E-state index >= 15 is 0 Å². The first-order valence-electron chi connectivity index (χ1n) is 15.6. The van der Waals surface area contributed by atoms with Gasteiger partial charge >= 0.3 is 6.03 Å². The molecule has 0 spiro atoms. The quantitative estimate of drug-likeness (QED) is 0.186. The molecule has 236 valence electrons. The summed E-state index contributed by atoms with van der Waals surface area (Å²) in [5.41, 5.74) is 5.10. The van der Waals surface area contributed by atoms with Crippen molar-refractivity contribution in [1.29, 1.82) is 5.26 Å². The first-order chi connectivity index (χ1) is 22.9. The fourth-order valence-corrected chi connectivity index (χ4v) is 5.86. The predicted octanol–water partition coefficient (Wildman–Crippen LogP) is 6.15. The molecule has 0 bridgehead atoms. The first kappa shape index (κ1) is 31.1. The van der Waals surface area contributed by atoms with Crippen LogP contribution in [0.4, 0.5) is 16.6 Å². The van der Waals surface area contributed by atoms with Crippen LogP contribution in [0.1, 0.15) is 54.1 Å². The average molecular weight is 626 g/mol. The molecule has 5 aromatic rings. The maximum Gasteiger partial charge on any atom is 0.323 e. The number of nitrogens with zero attached hydrogens (tertiary/aromatic N) is 7. The summed E-state index contributed by atoms with van der Waals surface area (Å²) in [6.07, 6.45) is 10.1. The first-order valence-corrected chi connectivity index (χ1v) is 15.6. The highest BCUT2D eigenvalue weighted by molar-refractivity contribution is 5.94. The molecule has 1 fully saturated rings. The van der Waals surface area contributed by atoms with E-state index in [1.165, 1.54) is 13.1 Å². The Hall–Kier alpha value is -5.89. The van der Waals surface area contributed by atoms with Gasteiger partial charge in [0, 0.05) is 60.3 Å². The smallest absolute Gasteiger partial charge is 0.323 e. The van der Waals surface area contributed by atoms with E-state index in [-0.39, 0.29) is 23.9 Å². The number of aryl methyl sites for hydroxylation is 1. The lowest BCUT2D eigenvalue weighted by Crippen LogP contribution is -2.49. The third-order valence-electron chi connectivity index (χ3n) is 8.41. The van der Waals surface area contributed by atoms with Gasteiger partial charge in [0.1, 0.15) is 11.9 Å². The highest BCUT2D eigenvalue weighted by Crippen LogP contribution is 2.30. The monoisotopic (exact) mass is 625 g/mol. The third kappa shape index (κ3) is 7.34. The number of Topliss-reactive ketones (excluding diaryl/α,β-unsaturated/α-hetero) is 1. The third-order valence-corrected chi connectivity index (χ3v) is 8.41. The van der Waals surface area contributed by atoms with E-state index in [1.807, 2.05) is 55.7 Å². The Morgan fingerprint density at radius 3 is 2.30 bits per heavy atom. The number of hydrogen-bond acceptors (Lipinski definition) is 8. The molecule has 1 saturated carbocycles. The van der Waals surface area contributed by atoms with Gasteiger partial charge in [0.05, 0.1) is 23.7 Å². The molecule has 3 aromatic heterocycles. The van der Waals surface area contributed by atoms with Crippen LogP contribution >= 0.6 is 0 Å². The zero-order valence-corrected chi connectivity index (χ0v) is 26.3. The van der Waals surface area contributed by atoms with E-state index in [0.717, 1.165) is 47.9 Å². The van der Waals surface area contributed by atoms with E-state index < -0.39 is 0 Å². The van der Waals surface area contributed by atoms with Gasteiger partial charge in [0.2, 0.25) is 5.95 Å². The van der Waals surface area contributed by atoms with Crippen molar-refractivity contribution in [1.82, 2.24) is 30.0 Å². The molecule has 3 heterocycles. The summed E-state index contributed by atoms with van der Waals surface area (Å²) in [5.74, 6) is 1.00. The minimum atomic E-state index is -0.192. The second-order valence-corrected chi connectivity index (χ2v) is 11.7. The number of rotatable bonds is 9. The van der Waals surface area contributed by atoms with Gasteiger partial charge in [-0.1, -0.05) is 54.6 Å². The summed E-state index contributed by atoms with van der Waals surface area (Å²) in [6.45, 7) is 1.93. The summed E-state index contributed by atoms with van der Waals surface area (Å²) in [5, 5.41) is 20.5. The van der Waals surface area contributed by atoms with Crippen molar-refractivity contribution < 1.29 is 9.59 Å². The molecule has 0 radical (unpaired) electrons. The van der Waals surface area contributed by atoms with Gasteiger partial charge in [0.25, 0.3) is 0 Å². The molecule has 11 nitrogen and oxygen atoms in total. The second kappa shape index (κ2) is 14.0. The molecule has 6 rings (SSSR count). The van der Waals surface area contributed by atoms with Gasteiger partial charge < -0.3 is 10.6 Å². The van der Waals surface area contributed by atoms with E-state index in [4.69, 9.17) is 4.98 Å². The van der Waals surface area contributed by atoms with E-state index in [0.29, 0.717) is 35.1 Å². The highest BCUT2D eigenvalue weighted by atomic mass is 16.2. The lowest BCUT2D eigenvalue weighted by Gasteiger charge is -2.36. The molecule has 0 aliphatic heterocycles. The van der Waals surface area contributed by atoms with Crippen LogP contribution < -0.4 is 15.5 Å². The van der Waals surface area contributed by atoms with Crippen molar-refractivity contribution in [3.05, 3.63) is 108 Å². The van der Waals surface area contributed by atoms with Gasteiger partial charge in [0.15, 0.2) is 5.78 Å². The van der Waals surface area contributed by atoms with Crippen LogP contribution in [-0.2, 0) is 13.6 Å². The van der Waals surface area contributed by atoms with Crippen LogP contribution in [0.2, 0.25) is 0 Å². The normalized spacial score (nSPS) is 15.8. The molecule has 0 atom stereocenters. The molecular weight excluding hydrogens is 590 g/mol. The molecule has 2 N–H and O–H groups in total. The number of benzene rings is 2. The van der Waals surface area contributed by atoms with Gasteiger partial charge in [-0.2, -0.15) is 10.4 Å². The second-order valence-electron chi connectivity index (χ2n) is 11.7.